The number of oxime groups is 1. The van der Waals surface area contributed by atoms with Gasteiger partial charge in [-0.15, -0.1) is 0 Å². The number of ketones is 2. The van der Waals surface area contributed by atoms with Gasteiger partial charge in [0.1, 0.15) is 6.04 Å². The summed E-state index contributed by atoms with van der Waals surface area (Å²) < 4.78 is 0. The van der Waals surface area contributed by atoms with Crippen molar-refractivity contribution in [2.75, 3.05) is 6.54 Å². The summed E-state index contributed by atoms with van der Waals surface area (Å²) in [4.78, 5) is 83.0. The van der Waals surface area contributed by atoms with E-state index in [-0.39, 0.29) is 49.0 Å². The first-order valence-electron chi connectivity index (χ1n) is 17.3. The number of carbonyl (C=O) groups is 5. The Bertz CT molecular complexity index is 1650. The number of hydrogen-bond acceptors (Lipinski definition) is 8. The second-order valence-electron chi connectivity index (χ2n) is 15.2. The average molecular weight is 693 g/mol. The molecule has 4 aliphatic rings. The van der Waals surface area contributed by atoms with Crippen LogP contribution in [-0.4, -0.2) is 80.1 Å². The fraction of sp³-hybridized carbons (Fsp3) is 0.583. The number of aromatic amines is 1. The molecular weight excluding hydrogens is 648 g/mol. The second-order valence-corrected chi connectivity index (χ2v) is 15.7. The SMILES string of the molecule is CCC[C@H](CC(=O)[C@@H]1C[C@]2(CC(c3cccc(Cl)c3)=NO2)CN1C(=O)[C@@H](NC(=O)[C@@H]1C[C@H]1c1cnc[nH]1)C(C)(C)C)C(=O)C(=O)NC1CC1. The Kier molecular flexibility index (Phi) is 9.72. The molecule has 3 N–H and O–H groups in total. The van der Waals surface area contributed by atoms with E-state index in [2.05, 4.69) is 25.8 Å². The van der Waals surface area contributed by atoms with Crippen molar-refractivity contribution in [3.63, 3.8) is 0 Å². The number of nitrogens with zero attached hydrogens (tertiary/aromatic N) is 3. The van der Waals surface area contributed by atoms with Crippen molar-refractivity contribution in [1.29, 1.82) is 0 Å². The molecule has 6 rings (SSSR count). The van der Waals surface area contributed by atoms with Gasteiger partial charge in [-0.2, -0.15) is 0 Å². The van der Waals surface area contributed by atoms with E-state index in [1.165, 1.54) is 4.90 Å². The smallest absolute Gasteiger partial charge is 0.287 e. The summed E-state index contributed by atoms with van der Waals surface area (Å²) in [5, 5.41) is 10.7. The molecule has 1 aromatic heterocycles. The van der Waals surface area contributed by atoms with Gasteiger partial charge in [0.25, 0.3) is 5.91 Å². The molecule has 49 heavy (non-hydrogen) atoms. The largest absolute Gasteiger partial charge is 0.387 e. The summed E-state index contributed by atoms with van der Waals surface area (Å²) in [6.07, 6.45) is 6.89. The second kappa shape index (κ2) is 13.7. The Labute approximate surface area is 291 Å². The highest BCUT2D eigenvalue weighted by molar-refractivity contribution is 6.37. The van der Waals surface area contributed by atoms with Gasteiger partial charge in [0, 0.05) is 65.5 Å². The fourth-order valence-corrected chi connectivity index (χ4v) is 7.28. The molecular formula is C36H45ClN6O6. The number of aromatic nitrogens is 2. The molecule has 13 heteroatoms. The first-order chi connectivity index (χ1) is 23.3. The lowest BCUT2D eigenvalue weighted by Gasteiger charge is -2.35. The first-order valence-corrected chi connectivity index (χ1v) is 17.6. The predicted octanol–water partition coefficient (Wildman–Crippen LogP) is 4.09. The number of rotatable bonds is 13. The molecule has 1 saturated heterocycles. The van der Waals surface area contributed by atoms with Crippen molar-refractivity contribution in [3.05, 3.63) is 53.1 Å². The highest BCUT2D eigenvalue weighted by Crippen LogP contribution is 2.47. The van der Waals surface area contributed by atoms with E-state index in [0.29, 0.717) is 36.4 Å². The van der Waals surface area contributed by atoms with E-state index >= 15 is 0 Å². The van der Waals surface area contributed by atoms with Crippen LogP contribution in [0.1, 0.15) is 96.2 Å². The van der Waals surface area contributed by atoms with Crippen LogP contribution in [0.25, 0.3) is 0 Å². The van der Waals surface area contributed by atoms with E-state index < -0.39 is 46.6 Å². The molecule has 3 amide bonds. The maximum absolute atomic E-state index is 14.6. The number of nitrogens with one attached hydrogen (secondary N) is 3. The van der Waals surface area contributed by atoms with Crippen LogP contribution in [0.3, 0.4) is 0 Å². The molecule has 6 atom stereocenters. The first kappa shape index (κ1) is 34.8. The van der Waals surface area contributed by atoms with E-state index in [0.717, 1.165) is 24.1 Å². The Morgan fingerprint density at radius 1 is 1.18 bits per heavy atom. The van der Waals surface area contributed by atoms with Crippen LogP contribution in [0.5, 0.6) is 0 Å². The third-order valence-corrected chi connectivity index (χ3v) is 10.3. The lowest BCUT2D eigenvalue weighted by atomic mass is 9.85. The van der Waals surface area contributed by atoms with Crippen molar-refractivity contribution in [2.24, 2.45) is 22.4 Å². The van der Waals surface area contributed by atoms with Crippen LogP contribution in [0.4, 0.5) is 0 Å². The van der Waals surface area contributed by atoms with Crippen molar-refractivity contribution in [1.82, 2.24) is 25.5 Å². The molecule has 0 bridgehead atoms. The molecule has 2 aliphatic heterocycles. The van der Waals surface area contributed by atoms with Crippen molar-refractivity contribution >= 4 is 46.6 Å². The number of H-pyrrole nitrogens is 1. The lowest BCUT2D eigenvalue weighted by Crippen LogP contribution is -2.57. The van der Waals surface area contributed by atoms with Crippen LogP contribution in [0, 0.1) is 17.3 Å². The van der Waals surface area contributed by atoms with Gasteiger partial charge >= 0.3 is 0 Å². The van der Waals surface area contributed by atoms with Gasteiger partial charge in [0.15, 0.2) is 11.4 Å². The van der Waals surface area contributed by atoms with Gasteiger partial charge in [-0.1, -0.05) is 63.0 Å². The third-order valence-electron chi connectivity index (χ3n) is 10.1. The van der Waals surface area contributed by atoms with Gasteiger partial charge in [-0.3, -0.25) is 24.0 Å². The number of halogens is 1. The quantitative estimate of drug-likeness (QED) is 0.266. The molecule has 3 fully saturated rings. The summed E-state index contributed by atoms with van der Waals surface area (Å²) in [6, 6.07) is 5.37. The van der Waals surface area contributed by atoms with E-state index in [4.69, 9.17) is 16.4 Å². The number of carbonyl (C=O) groups excluding carboxylic acids is 5. The number of likely N-dealkylation sites (tertiary alicyclic amines) is 1. The minimum absolute atomic E-state index is 0.00158. The van der Waals surface area contributed by atoms with E-state index in [1.807, 2.05) is 39.8 Å². The van der Waals surface area contributed by atoms with Gasteiger partial charge in [-0.05, 0) is 43.2 Å². The maximum Gasteiger partial charge on any atom is 0.287 e. The van der Waals surface area contributed by atoms with Gasteiger partial charge in [0.05, 0.1) is 24.6 Å². The van der Waals surface area contributed by atoms with Crippen LogP contribution in [0.15, 0.2) is 41.9 Å². The van der Waals surface area contributed by atoms with Gasteiger partial charge in [0.2, 0.25) is 17.6 Å². The molecule has 1 spiro atoms. The monoisotopic (exact) mass is 692 g/mol. The third kappa shape index (κ3) is 7.74. The van der Waals surface area contributed by atoms with Crippen LogP contribution < -0.4 is 10.6 Å². The predicted molar refractivity (Wildman–Crippen MR) is 182 cm³/mol. The van der Waals surface area contributed by atoms with Gasteiger partial charge in [-0.25, -0.2) is 4.98 Å². The zero-order valence-electron chi connectivity index (χ0n) is 28.5. The lowest BCUT2D eigenvalue weighted by molar-refractivity contribution is -0.145. The molecule has 1 aromatic carbocycles. The standard InChI is InChI=1S/C36H45ClN6O6/c1-5-7-21(30(45)33(47)40-23-10-11-23)13-29(44)28-16-36(15-26(42-49-36)20-8-6-9-22(37)12-20)18-43(28)34(48)31(35(2,3)4)41-32(46)25-14-24(25)27-17-38-19-39-27/h6,8-9,12,17,19,21,23-25,28,31H,5,7,10-11,13-16,18H2,1-4H3,(H,38,39)(H,40,47)(H,41,46)/t21-,24-,25-,28+,31-,36-/m1/s1. The van der Waals surface area contributed by atoms with Gasteiger partial charge < -0.3 is 25.4 Å². The van der Waals surface area contributed by atoms with Crippen LogP contribution in [0.2, 0.25) is 5.02 Å². The zero-order valence-corrected chi connectivity index (χ0v) is 29.2. The van der Waals surface area contributed by atoms with Crippen molar-refractivity contribution in [2.45, 2.75) is 109 Å². The Hall–Kier alpha value is -4.06. The summed E-state index contributed by atoms with van der Waals surface area (Å²) in [5.74, 6) is -3.32. The van der Waals surface area contributed by atoms with E-state index in [9.17, 15) is 24.0 Å². The van der Waals surface area contributed by atoms with Crippen molar-refractivity contribution in [3.8, 4) is 0 Å². The maximum atomic E-state index is 14.6. The molecule has 12 nitrogen and oxygen atoms in total. The molecule has 2 aromatic rings. The Morgan fingerprint density at radius 3 is 2.61 bits per heavy atom. The highest BCUT2D eigenvalue weighted by atomic mass is 35.5. The number of hydrogen-bond donors (Lipinski definition) is 3. The normalized spacial score (nSPS) is 25.7. The Morgan fingerprint density at radius 2 is 1.96 bits per heavy atom. The van der Waals surface area contributed by atoms with Crippen LogP contribution >= 0.6 is 11.6 Å². The summed E-state index contributed by atoms with van der Waals surface area (Å²) >= 11 is 6.25. The number of imidazole rings is 1. The minimum Gasteiger partial charge on any atom is -0.387 e. The molecule has 2 aliphatic carbocycles. The summed E-state index contributed by atoms with van der Waals surface area (Å²) in [6.45, 7) is 7.58. The topological polar surface area (TPSA) is 163 Å². The number of Topliss-reactive ketones (excluding diaryl/α,β-unsaturated/α-hetero) is 2. The molecule has 0 radical (unpaired) electrons. The summed E-state index contributed by atoms with van der Waals surface area (Å²) in [5.41, 5.74) is 0.619. The molecule has 0 unspecified atom stereocenters. The fourth-order valence-electron chi connectivity index (χ4n) is 7.09. The molecule has 2 saturated carbocycles. The average Bonchev–Trinajstić information content (AvgIpc) is 3.89. The molecule has 3 heterocycles. The minimum atomic E-state index is -0.990. The Balaban J connectivity index is 1.24. The van der Waals surface area contributed by atoms with E-state index in [1.54, 1.807) is 24.7 Å². The molecule has 262 valence electrons. The number of amides is 3. The summed E-state index contributed by atoms with van der Waals surface area (Å²) in [7, 11) is 0. The highest BCUT2D eigenvalue weighted by Gasteiger charge is 2.56. The number of benzene rings is 1. The van der Waals surface area contributed by atoms with Crippen molar-refractivity contribution < 1.29 is 28.8 Å². The van der Waals surface area contributed by atoms with Crippen LogP contribution in [-0.2, 0) is 28.8 Å². The zero-order chi connectivity index (χ0) is 35.1.